The molecule has 0 fully saturated rings. The summed E-state index contributed by atoms with van der Waals surface area (Å²) in [7, 11) is 0. The maximum Gasteiger partial charge on any atom is 0.312 e. The fourth-order valence-corrected chi connectivity index (χ4v) is 2.29. The highest BCUT2D eigenvalue weighted by Crippen LogP contribution is 2.37. The van der Waals surface area contributed by atoms with E-state index in [9.17, 15) is 10.1 Å². The minimum Gasteiger partial charge on any atom is -0.430 e. The van der Waals surface area contributed by atoms with Gasteiger partial charge in [0.15, 0.2) is 0 Å². The van der Waals surface area contributed by atoms with E-state index >= 15 is 0 Å². The van der Waals surface area contributed by atoms with Crippen molar-refractivity contribution in [2.24, 2.45) is 0 Å². The Morgan fingerprint density at radius 1 is 1.32 bits per heavy atom. The minimum absolute atomic E-state index is 0.109. The number of nitro groups is 1. The summed E-state index contributed by atoms with van der Waals surface area (Å²) in [6, 6.07) is 6.13. The lowest BCUT2D eigenvalue weighted by atomic mass is 10.3. The molecular weight excluding hydrogens is 382 g/mol. The molecule has 0 amide bonds. The molecular formula is C11H7Br2N3O3. The van der Waals surface area contributed by atoms with Gasteiger partial charge in [-0.2, -0.15) is 4.98 Å². The van der Waals surface area contributed by atoms with Crippen molar-refractivity contribution in [2.75, 3.05) is 0 Å². The third kappa shape index (κ3) is 3.27. The summed E-state index contributed by atoms with van der Waals surface area (Å²) >= 11 is 6.44. The van der Waals surface area contributed by atoms with Gasteiger partial charge in [-0.25, -0.2) is 4.98 Å². The number of hydrogen-bond acceptors (Lipinski definition) is 5. The number of nitro benzene ring substituents is 1. The summed E-state index contributed by atoms with van der Waals surface area (Å²) in [6.07, 6.45) is 0. The Morgan fingerprint density at radius 3 is 2.68 bits per heavy atom. The molecule has 0 radical (unpaired) electrons. The van der Waals surface area contributed by atoms with Gasteiger partial charge < -0.3 is 4.74 Å². The lowest BCUT2D eigenvalue weighted by molar-refractivity contribution is -0.385. The molecule has 1 aromatic carbocycles. The number of hydrogen-bond donors (Lipinski definition) is 0. The SMILES string of the molecule is Cc1nc(Br)cc(Oc2c(Br)cccc2[N+](=O)[O-])n1. The van der Waals surface area contributed by atoms with Crippen LogP contribution >= 0.6 is 31.9 Å². The number of ether oxygens (including phenoxy) is 1. The van der Waals surface area contributed by atoms with Crippen molar-refractivity contribution >= 4 is 37.5 Å². The molecule has 0 saturated carbocycles. The van der Waals surface area contributed by atoms with Crippen LogP contribution in [0.2, 0.25) is 0 Å². The number of nitrogens with zero attached hydrogens (tertiary/aromatic N) is 3. The van der Waals surface area contributed by atoms with E-state index in [1.165, 1.54) is 12.1 Å². The highest BCUT2D eigenvalue weighted by atomic mass is 79.9. The van der Waals surface area contributed by atoms with Crippen molar-refractivity contribution in [3.05, 3.63) is 49.3 Å². The summed E-state index contributed by atoms with van der Waals surface area (Å²) in [6.45, 7) is 1.70. The number of aromatic nitrogens is 2. The Kier molecular flexibility index (Phi) is 4.11. The van der Waals surface area contributed by atoms with Gasteiger partial charge in [-0.05, 0) is 44.8 Å². The Balaban J connectivity index is 2.45. The van der Waals surface area contributed by atoms with E-state index in [2.05, 4.69) is 41.8 Å². The monoisotopic (exact) mass is 387 g/mol. The number of benzene rings is 1. The molecule has 0 spiro atoms. The quantitative estimate of drug-likeness (QED) is 0.451. The topological polar surface area (TPSA) is 78.2 Å². The summed E-state index contributed by atoms with van der Waals surface area (Å²) < 4.78 is 6.52. The zero-order chi connectivity index (χ0) is 14.0. The van der Waals surface area contributed by atoms with Crippen molar-refractivity contribution in [3.63, 3.8) is 0 Å². The van der Waals surface area contributed by atoms with Crippen LogP contribution in [0, 0.1) is 17.0 Å². The molecule has 0 aliphatic heterocycles. The second kappa shape index (κ2) is 5.62. The van der Waals surface area contributed by atoms with Gasteiger partial charge in [0.1, 0.15) is 10.4 Å². The molecule has 98 valence electrons. The molecule has 0 atom stereocenters. The fourth-order valence-electron chi connectivity index (χ4n) is 1.40. The highest BCUT2D eigenvalue weighted by Gasteiger charge is 2.19. The number of halogens is 2. The first-order valence-corrected chi connectivity index (χ1v) is 6.68. The van der Waals surface area contributed by atoms with Crippen molar-refractivity contribution in [3.8, 4) is 11.6 Å². The number of aryl methyl sites for hydroxylation is 1. The summed E-state index contributed by atoms with van der Waals surface area (Å²) in [5.74, 6) is 0.839. The van der Waals surface area contributed by atoms with E-state index < -0.39 is 4.92 Å². The average Bonchev–Trinajstić information content (AvgIpc) is 2.30. The van der Waals surface area contributed by atoms with Gasteiger partial charge in [-0.1, -0.05) is 6.07 Å². The van der Waals surface area contributed by atoms with Gasteiger partial charge >= 0.3 is 5.69 Å². The van der Waals surface area contributed by atoms with Crippen molar-refractivity contribution < 1.29 is 9.66 Å². The van der Waals surface area contributed by atoms with Crippen molar-refractivity contribution in [2.45, 2.75) is 6.92 Å². The number of para-hydroxylation sites is 1. The average molecular weight is 389 g/mol. The van der Waals surface area contributed by atoms with Gasteiger partial charge in [-0.3, -0.25) is 10.1 Å². The van der Waals surface area contributed by atoms with E-state index in [4.69, 9.17) is 4.74 Å². The summed E-state index contributed by atoms with van der Waals surface area (Å²) in [5, 5.41) is 11.0. The van der Waals surface area contributed by atoms with E-state index in [0.29, 0.717) is 14.9 Å². The van der Waals surface area contributed by atoms with Crippen LogP contribution in [0.5, 0.6) is 11.6 Å². The zero-order valence-electron chi connectivity index (χ0n) is 9.63. The van der Waals surface area contributed by atoms with Crippen molar-refractivity contribution in [1.82, 2.24) is 9.97 Å². The first-order chi connectivity index (χ1) is 8.97. The van der Waals surface area contributed by atoms with Crippen LogP contribution in [0.15, 0.2) is 33.3 Å². The van der Waals surface area contributed by atoms with Crippen LogP contribution in [-0.4, -0.2) is 14.9 Å². The predicted molar refractivity (Wildman–Crippen MR) is 75.3 cm³/mol. The van der Waals surface area contributed by atoms with Crippen LogP contribution < -0.4 is 4.74 Å². The van der Waals surface area contributed by atoms with Gasteiger partial charge in [0, 0.05) is 12.1 Å². The maximum absolute atomic E-state index is 11.0. The van der Waals surface area contributed by atoms with Crippen molar-refractivity contribution in [1.29, 1.82) is 0 Å². The Bertz CT molecular complexity index is 629. The molecule has 8 heteroatoms. The van der Waals surface area contributed by atoms with E-state index in [-0.39, 0.29) is 17.3 Å². The Hall–Kier alpha value is -1.54. The third-order valence-electron chi connectivity index (χ3n) is 2.13. The molecule has 0 saturated heterocycles. The summed E-state index contributed by atoms with van der Waals surface area (Å²) in [5.41, 5.74) is -0.137. The largest absolute Gasteiger partial charge is 0.430 e. The van der Waals surface area contributed by atoms with Gasteiger partial charge in [0.25, 0.3) is 0 Å². The van der Waals surface area contributed by atoms with Crippen LogP contribution in [0.4, 0.5) is 5.69 Å². The van der Waals surface area contributed by atoms with Gasteiger partial charge in [0.2, 0.25) is 11.6 Å². The Labute approximate surface area is 125 Å². The molecule has 2 aromatic rings. The second-order valence-corrected chi connectivity index (χ2v) is 5.19. The van der Waals surface area contributed by atoms with Crippen LogP contribution in [0.3, 0.4) is 0 Å². The standard InChI is InChI=1S/C11H7Br2N3O3/c1-6-14-9(13)5-10(15-6)19-11-7(12)3-2-4-8(11)16(17)18/h2-5H,1H3. The lowest BCUT2D eigenvalue weighted by Crippen LogP contribution is -1.97. The molecule has 0 N–H and O–H groups in total. The fraction of sp³-hybridized carbons (Fsp3) is 0.0909. The second-order valence-electron chi connectivity index (χ2n) is 3.52. The molecule has 0 unspecified atom stereocenters. The summed E-state index contributed by atoms with van der Waals surface area (Å²) in [4.78, 5) is 18.5. The molecule has 0 bridgehead atoms. The highest BCUT2D eigenvalue weighted by molar-refractivity contribution is 9.10. The van der Waals surface area contributed by atoms with Gasteiger partial charge in [0.05, 0.1) is 9.40 Å². The Morgan fingerprint density at radius 2 is 2.05 bits per heavy atom. The first-order valence-electron chi connectivity index (χ1n) is 5.09. The van der Waals surface area contributed by atoms with E-state index in [0.717, 1.165) is 0 Å². The molecule has 0 aliphatic rings. The minimum atomic E-state index is -0.511. The molecule has 1 aromatic heterocycles. The molecule has 2 rings (SSSR count). The number of rotatable bonds is 3. The maximum atomic E-state index is 11.0. The molecule has 6 nitrogen and oxygen atoms in total. The third-order valence-corrected chi connectivity index (χ3v) is 3.16. The predicted octanol–water partition coefficient (Wildman–Crippen LogP) is 4.01. The molecule has 0 aliphatic carbocycles. The lowest BCUT2D eigenvalue weighted by Gasteiger charge is -2.07. The first kappa shape index (κ1) is 13.9. The van der Waals surface area contributed by atoms with E-state index in [1.807, 2.05) is 0 Å². The van der Waals surface area contributed by atoms with Crippen LogP contribution in [-0.2, 0) is 0 Å². The van der Waals surface area contributed by atoms with Crippen LogP contribution in [0.25, 0.3) is 0 Å². The molecule has 19 heavy (non-hydrogen) atoms. The van der Waals surface area contributed by atoms with E-state index in [1.54, 1.807) is 19.1 Å². The normalized spacial score (nSPS) is 10.3. The van der Waals surface area contributed by atoms with Gasteiger partial charge in [-0.15, -0.1) is 0 Å². The smallest absolute Gasteiger partial charge is 0.312 e. The molecule has 1 heterocycles. The van der Waals surface area contributed by atoms with Crippen LogP contribution in [0.1, 0.15) is 5.82 Å². The zero-order valence-corrected chi connectivity index (χ0v) is 12.8.